The molecule has 0 aromatic heterocycles. The number of carbonyl (C=O) groups excluding carboxylic acids is 1. The molecule has 0 spiro atoms. The minimum absolute atomic E-state index is 0.113. The lowest BCUT2D eigenvalue weighted by Crippen LogP contribution is -2.19. The lowest BCUT2D eigenvalue weighted by molar-refractivity contribution is -0.119. The van der Waals surface area contributed by atoms with Crippen molar-refractivity contribution in [2.75, 3.05) is 7.05 Å². The summed E-state index contributed by atoms with van der Waals surface area (Å²) in [5.41, 5.74) is 0.627. The number of aromatic hydroxyl groups is 1. The van der Waals surface area contributed by atoms with Crippen LogP contribution < -0.4 is 5.32 Å². The molecule has 0 unspecified atom stereocenters. The van der Waals surface area contributed by atoms with E-state index in [0.29, 0.717) is 5.56 Å². The quantitative estimate of drug-likeness (QED) is 0.827. The van der Waals surface area contributed by atoms with Gasteiger partial charge in [-0.3, -0.25) is 4.79 Å². The van der Waals surface area contributed by atoms with Gasteiger partial charge >= 0.3 is 0 Å². The lowest BCUT2D eigenvalue weighted by Gasteiger charge is -2.03. The summed E-state index contributed by atoms with van der Waals surface area (Å²) in [7, 11) is 1.57. The van der Waals surface area contributed by atoms with E-state index in [0.717, 1.165) is 4.47 Å². The van der Waals surface area contributed by atoms with Crippen LogP contribution in [0.2, 0.25) is 0 Å². The zero-order valence-corrected chi connectivity index (χ0v) is 8.76. The van der Waals surface area contributed by atoms with Crippen molar-refractivity contribution in [2.45, 2.75) is 6.42 Å². The van der Waals surface area contributed by atoms with Crippen LogP contribution in [0.4, 0.5) is 0 Å². The molecule has 0 aliphatic carbocycles. The second-order valence-corrected chi connectivity index (χ2v) is 3.54. The third-order valence-corrected chi connectivity index (χ3v) is 2.17. The van der Waals surface area contributed by atoms with E-state index in [1.807, 2.05) is 0 Å². The highest BCUT2D eigenvalue weighted by molar-refractivity contribution is 9.10. The van der Waals surface area contributed by atoms with Gasteiger partial charge in [0.15, 0.2) is 0 Å². The monoisotopic (exact) mass is 243 g/mol. The second-order valence-electron chi connectivity index (χ2n) is 2.62. The molecule has 0 atom stereocenters. The van der Waals surface area contributed by atoms with Gasteiger partial charge in [-0.2, -0.15) is 0 Å². The van der Waals surface area contributed by atoms with E-state index in [1.54, 1.807) is 25.2 Å². The molecule has 1 rings (SSSR count). The van der Waals surface area contributed by atoms with Crippen molar-refractivity contribution in [2.24, 2.45) is 0 Å². The number of nitrogens with one attached hydrogen (secondary N) is 1. The average molecular weight is 244 g/mol. The van der Waals surface area contributed by atoms with Crippen LogP contribution in [0.3, 0.4) is 0 Å². The summed E-state index contributed by atoms with van der Waals surface area (Å²) in [5, 5.41) is 11.9. The molecule has 0 fully saturated rings. The Morgan fingerprint density at radius 3 is 2.85 bits per heavy atom. The lowest BCUT2D eigenvalue weighted by atomic mass is 10.1. The number of halogens is 1. The summed E-state index contributed by atoms with van der Waals surface area (Å²) in [6.45, 7) is 0. The third-order valence-electron chi connectivity index (χ3n) is 1.68. The van der Waals surface area contributed by atoms with Gasteiger partial charge in [0, 0.05) is 17.1 Å². The number of phenols is 1. The summed E-state index contributed by atoms with van der Waals surface area (Å²) in [6.07, 6.45) is 0.204. The van der Waals surface area contributed by atoms with Gasteiger partial charge < -0.3 is 10.4 Å². The highest BCUT2D eigenvalue weighted by Gasteiger charge is 2.05. The molecule has 1 aromatic carbocycles. The van der Waals surface area contributed by atoms with Crippen LogP contribution in [0.1, 0.15) is 5.56 Å². The SMILES string of the molecule is CNC(=O)Cc1ccc(Br)cc1O. The molecule has 0 saturated heterocycles. The van der Waals surface area contributed by atoms with Gasteiger partial charge in [0.25, 0.3) is 0 Å². The summed E-state index contributed by atoms with van der Waals surface area (Å²) >= 11 is 3.22. The summed E-state index contributed by atoms with van der Waals surface area (Å²) in [6, 6.07) is 5.07. The van der Waals surface area contributed by atoms with Crippen LogP contribution in [0, 0.1) is 0 Å². The second kappa shape index (κ2) is 4.28. The fourth-order valence-corrected chi connectivity index (χ4v) is 1.30. The van der Waals surface area contributed by atoms with Crippen LogP contribution in [0.5, 0.6) is 5.75 Å². The normalized spacial score (nSPS) is 9.69. The maximum atomic E-state index is 11.0. The maximum Gasteiger partial charge on any atom is 0.224 e. The molecule has 3 nitrogen and oxygen atoms in total. The first-order valence-electron chi connectivity index (χ1n) is 3.81. The van der Waals surface area contributed by atoms with Crippen LogP contribution in [-0.2, 0) is 11.2 Å². The van der Waals surface area contributed by atoms with Gasteiger partial charge in [0.1, 0.15) is 5.75 Å². The summed E-state index contributed by atoms with van der Waals surface area (Å²) in [4.78, 5) is 11.0. The van der Waals surface area contributed by atoms with E-state index in [4.69, 9.17) is 0 Å². The highest BCUT2D eigenvalue weighted by atomic mass is 79.9. The molecule has 13 heavy (non-hydrogen) atoms. The van der Waals surface area contributed by atoms with E-state index in [-0.39, 0.29) is 18.1 Å². The van der Waals surface area contributed by atoms with Crippen molar-refractivity contribution in [1.29, 1.82) is 0 Å². The number of hydrogen-bond donors (Lipinski definition) is 2. The molecule has 4 heteroatoms. The van der Waals surface area contributed by atoms with E-state index in [9.17, 15) is 9.90 Å². The van der Waals surface area contributed by atoms with Crippen molar-refractivity contribution in [1.82, 2.24) is 5.32 Å². The largest absolute Gasteiger partial charge is 0.508 e. The van der Waals surface area contributed by atoms with Crippen molar-refractivity contribution in [3.8, 4) is 5.75 Å². The minimum Gasteiger partial charge on any atom is -0.508 e. The fraction of sp³-hybridized carbons (Fsp3) is 0.222. The molecule has 0 aliphatic heterocycles. The number of likely N-dealkylation sites (N-methyl/N-ethyl adjacent to an activating group) is 1. The standard InChI is InChI=1S/C9H10BrNO2/c1-11-9(13)4-6-2-3-7(10)5-8(6)12/h2-3,5,12H,4H2,1H3,(H,11,13). The van der Waals surface area contributed by atoms with Crippen molar-refractivity contribution >= 4 is 21.8 Å². The van der Waals surface area contributed by atoms with Crippen molar-refractivity contribution in [3.63, 3.8) is 0 Å². The average Bonchev–Trinajstić information content (AvgIpc) is 2.09. The van der Waals surface area contributed by atoms with Crippen molar-refractivity contribution in [3.05, 3.63) is 28.2 Å². The maximum absolute atomic E-state index is 11.0. The summed E-state index contributed by atoms with van der Waals surface area (Å²) in [5.74, 6) is 0.0237. The molecule has 0 bridgehead atoms. The molecular formula is C9H10BrNO2. The van der Waals surface area contributed by atoms with Crippen LogP contribution in [-0.4, -0.2) is 18.1 Å². The predicted octanol–water partition coefficient (Wildman–Crippen LogP) is 1.44. The van der Waals surface area contributed by atoms with Crippen molar-refractivity contribution < 1.29 is 9.90 Å². The Morgan fingerprint density at radius 2 is 2.31 bits per heavy atom. The number of phenolic OH excluding ortho intramolecular Hbond substituents is 1. The van der Waals surface area contributed by atoms with Gasteiger partial charge in [-0.1, -0.05) is 22.0 Å². The molecule has 2 N–H and O–H groups in total. The first kappa shape index (κ1) is 10.1. The minimum atomic E-state index is -0.113. The van der Waals surface area contributed by atoms with Gasteiger partial charge in [-0.05, 0) is 12.1 Å². The van der Waals surface area contributed by atoms with E-state index >= 15 is 0 Å². The molecule has 0 saturated carbocycles. The first-order chi connectivity index (χ1) is 6.13. The van der Waals surface area contributed by atoms with Crippen LogP contribution in [0.15, 0.2) is 22.7 Å². The van der Waals surface area contributed by atoms with E-state index in [2.05, 4.69) is 21.2 Å². The first-order valence-corrected chi connectivity index (χ1v) is 4.60. The van der Waals surface area contributed by atoms with Gasteiger partial charge in [0.05, 0.1) is 6.42 Å². The zero-order chi connectivity index (χ0) is 9.84. The third kappa shape index (κ3) is 2.73. The molecular weight excluding hydrogens is 234 g/mol. The highest BCUT2D eigenvalue weighted by Crippen LogP contribution is 2.22. The Bertz CT molecular complexity index is 325. The van der Waals surface area contributed by atoms with E-state index in [1.165, 1.54) is 0 Å². The van der Waals surface area contributed by atoms with Gasteiger partial charge in [0.2, 0.25) is 5.91 Å². The molecule has 1 amide bonds. The van der Waals surface area contributed by atoms with Gasteiger partial charge in [-0.25, -0.2) is 0 Å². The Balaban J connectivity index is 2.83. The Kier molecular flexibility index (Phi) is 3.31. The van der Waals surface area contributed by atoms with Crippen LogP contribution in [0.25, 0.3) is 0 Å². The topological polar surface area (TPSA) is 49.3 Å². The fourth-order valence-electron chi connectivity index (χ4n) is 0.948. The van der Waals surface area contributed by atoms with E-state index < -0.39 is 0 Å². The number of rotatable bonds is 2. The molecule has 0 heterocycles. The molecule has 0 aliphatic rings. The Labute approximate surface area is 84.9 Å². The molecule has 0 radical (unpaired) electrons. The number of hydrogen-bond acceptors (Lipinski definition) is 2. The Morgan fingerprint density at radius 1 is 1.62 bits per heavy atom. The molecule has 1 aromatic rings. The Hall–Kier alpha value is -1.03. The number of amides is 1. The number of benzene rings is 1. The number of carbonyl (C=O) groups is 1. The van der Waals surface area contributed by atoms with Crippen LogP contribution >= 0.6 is 15.9 Å². The summed E-state index contributed by atoms with van der Waals surface area (Å²) < 4.78 is 0.797. The van der Waals surface area contributed by atoms with Gasteiger partial charge in [-0.15, -0.1) is 0 Å². The molecule has 70 valence electrons. The zero-order valence-electron chi connectivity index (χ0n) is 7.17. The predicted molar refractivity (Wildman–Crippen MR) is 53.6 cm³/mol. The smallest absolute Gasteiger partial charge is 0.224 e.